The summed E-state index contributed by atoms with van der Waals surface area (Å²) in [5.74, 6) is -2.36. The maximum atomic E-state index is 14.2. The predicted molar refractivity (Wildman–Crippen MR) is 172 cm³/mol. The summed E-state index contributed by atoms with van der Waals surface area (Å²) in [4.78, 5) is 40.8. The number of ether oxygens (including phenoxy) is 2. The summed E-state index contributed by atoms with van der Waals surface area (Å²) in [5, 5.41) is 20.0. The van der Waals surface area contributed by atoms with Crippen LogP contribution in [-0.4, -0.2) is 38.1 Å². The molecular formula is C34H38O7S2. The number of hydrogen-bond donors (Lipinski definition) is 2. The van der Waals surface area contributed by atoms with Gasteiger partial charge in [0.25, 0.3) is 0 Å². The largest absolute Gasteiger partial charge is 0.508 e. The van der Waals surface area contributed by atoms with Gasteiger partial charge in [0.05, 0.1) is 20.4 Å². The van der Waals surface area contributed by atoms with Crippen LogP contribution < -0.4 is 4.74 Å². The van der Waals surface area contributed by atoms with Gasteiger partial charge in [0.15, 0.2) is 0 Å². The number of esters is 2. The van der Waals surface area contributed by atoms with Gasteiger partial charge in [-0.2, -0.15) is 0 Å². The molecule has 0 fully saturated rings. The number of thioether (sulfide) groups is 1. The third-order valence-corrected chi connectivity index (χ3v) is 9.87. The maximum Gasteiger partial charge on any atom is 0.318 e. The molecule has 0 saturated heterocycles. The number of aliphatic carboxylic acids is 1. The second-order valence-electron chi connectivity index (χ2n) is 12.1. The fraction of sp³-hybridized carbons (Fsp3) is 0.353. The monoisotopic (exact) mass is 622 g/mol. The Morgan fingerprint density at radius 2 is 1.33 bits per heavy atom. The van der Waals surface area contributed by atoms with E-state index in [0.717, 1.165) is 11.1 Å². The van der Waals surface area contributed by atoms with Crippen molar-refractivity contribution in [2.24, 2.45) is 16.2 Å². The zero-order chi connectivity index (χ0) is 32.1. The van der Waals surface area contributed by atoms with E-state index in [1.807, 2.05) is 60.7 Å². The van der Waals surface area contributed by atoms with Crippen LogP contribution in [0, 0.1) is 16.2 Å². The molecule has 0 bridgehead atoms. The van der Waals surface area contributed by atoms with Crippen molar-refractivity contribution in [3.8, 4) is 11.5 Å². The van der Waals surface area contributed by atoms with E-state index in [1.165, 1.54) is 56.8 Å². The first kappa shape index (κ1) is 33.8. The summed E-state index contributed by atoms with van der Waals surface area (Å²) in [5.41, 5.74) is -4.30. The Morgan fingerprint density at radius 1 is 0.791 bits per heavy atom. The van der Waals surface area contributed by atoms with Gasteiger partial charge in [-0.25, -0.2) is 0 Å². The van der Waals surface area contributed by atoms with Crippen LogP contribution >= 0.6 is 24.0 Å². The van der Waals surface area contributed by atoms with E-state index in [0.29, 0.717) is 4.20 Å². The summed E-state index contributed by atoms with van der Waals surface area (Å²) in [7, 11) is 0. The maximum absolute atomic E-state index is 14.2. The third kappa shape index (κ3) is 7.83. The van der Waals surface area contributed by atoms with Crippen LogP contribution in [-0.2, 0) is 24.7 Å². The molecule has 43 heavy (non-hydrogen) atoms. The molecule has 2 N–H and O–H groups in total. The molecule has 0 aliphatic heterocycles. The van der Waals surface area contributed by atoms with Gasteiger partial charge >= 0.3 is 17.9 Å². The highest BCUT2D eigenvalue weighted by Gasteiger charge is 2.58. The van der Waals surface area contributed by atoms with Gasteiger partial charge in [0, 0.05) is 5.75 Å². The van der Waals surface area contributed by atoms with Crippen LogP contribution in [0.3, 0.4) is 0 Å². The molecule has 0 radical (unpaired) electrons. The minimum Gasteiger partial charge on any atom is -0.508 e. The number of carboxylic acids is 1. The molecule has 228 valence electrons. The molecule has 7 nitrogen and oxygen atoms in total. The van der Waals surface area contributed by atoms with Gasteiger partial charge in [-0.3, -0.25) is 14.4 Å². The number of thiocarbonyl (C=S) groups is 1. The molecule has 3 aromatic carbocycles. The minimum atomic E-state index is -1.69. The van der Waals surface area contributed by atoms with Crippen LogP contribution in [0.1, 0.15) is 59.1 Å². The second kappa shape index (κ2) is 13.3. The van der Waals surface area contributed by atoms with Gasteiger partial charge in [-0.15, -0.1) is 11.8 Å². The third-order valence-electron chi connectivity index (χ3n) is 8.00. The number of phenols is 1. The molecule has 0 aliphatic rings. The van der Waals surface area contributed by atoms with Gasteiger partial charge < -0.3 is 19.7 Å². The van der Waals surface area contributed by atoms with Crippen molar-refractivity contribution in [2.75, 3.05) is 5.75 Å². The minimum absolute atomic E-state index is 0.00545. The van der Waals surface area contributed by atoms with Crippen LogP contribution in [0.4, 0.5) is 0 Å². The van der Waals surface area contributed by atoms with Gasteiger partial charge in [-0.1, -0.05) is 72.9 Å². The van der Waals surface area contributed by atoms with Gasteiger partial charge in [0.1, 0.15) is 17.1 Å². The number of carboxylic acid groups (broad SMARTS) is 1. The first-order chi connectivity index (χ1) is 20.0. The topological polar surface area (TPSA) is 110 Å². The number of aromatic hydroxyl groups is 1. The van der Waals surface area contributed by atoms with E-state index in [-0.39, 0.29) is 23.7 Å². The zero-order valence-corrected chi connectivity index (χ0v) is 26.9. The molecule has 0 aromatic heterocycles. The van der Waals surface area contributed by atoms with Crippen molar-refractivity contribution in [1.82, 2.24) is 0 Å². The molecule has 0 aliphatic carbocycles. The Kier molecular flexibility index (Phi) is 10.5. The second-order valence-corrected chi connectivity index (χ2v) is 13.7. The fourth-order valence-corrected chi connectivity index (χ4v) is 5.90. The lowest BCUT2D eigenvalue weighted by Crippen LogP contribution is -2.53. The lowest BCUT2D eigenvalue weighted by molar-refractivity contribution is -0.188. The van der Waals surface area contributed by atoms with Gasteiger partial charge in [-0.05, 0) is 83.4 Å². The molecule has 3 rings (SSSR count). The standard InChI is InChI=1S/C34H38O7S2/c1-31(2,28(36)37)34(6,30(39)41-32(3,4)24-15-11-8-12-16-24)21-33(5,22-43-27(42)23-13-9-7-10-14-23)29(38)40-26-19-17-25(35)18-20-26/h7-20,35H,21-22H2,1-6H3,(H,36,37). The quantitative estimate of drug-likeness (QED) is 0.121. The Bertz CT molecular complexity index is 1450. The van der Waals surface area contributed by atoms with Crippen LogP contribution in [0.15, 0.2) is 84.9 Å². The molecule has 3 aromatic rings. The van der Waals surface area contributed by atoms with Crippen molar-refractivity contribution in [3.05, 3.63) is 96.1 Å². The highest BCUT2D eigenvalue weighted by atomic mass is 32.2. The molecule has 0 heterocycles. The SMILES string of the molecule is CC(CSC(=S)c1ccccc1)(CC(C)(C(=O)OC(C)(C)c1ccccc1)C(C)(C)C(=O)O)C(=O)Oc1ccc(O)cc1. The summed E-state index contributed by atoms with van der Waals surface area (Å²) in [6.45, 7) is 9.56. The molecule has 2 atom stereocenters. The summed E-state index contributed by atoms with van der Waals surface area (Å²) in [6, 6.07) is 24.2. The van der Waals surface area contributed by atoms with Crippen LogP contribution in [0.25, 0.3) is 0 Å². The smallest absolute Gasteiger partial charge is 0.318 e. The lowest BCUT2D eigenvalue weighted by atomic mass is 9.60. The Labute approximate surface area is 262 Å². The van der Waals surface area contributed by atoms with Crippen LogP contribution in [0.5, 0.6) is 11.5 Å². The van der Waals surface area contributed by atoms with Gasteiger partial charge in [0.2, 0.25) is 0 Å². The summed E-state index contributed by atoms with van der Waals surface area (Å²) < 4.78 is 12.3. The van der Waals surface area contributed by atoms with E-state index in [2.05, 4.69) is 0 Å². The Morgan fingerprint density at radius 3 is 1.86 bits per heavy atom. The van der Waals surface area contributed by atoms with E-state index in [4.69, 9.17) is 21.7 Å². The first-order valence-electron chi connectivity index (χ1n) is 13.8. The molecule has 2 unspecified atom stereocenters. The fourth-order valence-electron chi connectivity index (χ4n) is 4.62. The molecule has 9 heteroatoms. The lowest BCUT2D eigenvalue weighted by Gasteiger charge is -2.45. The highest BCUT2D eigenvalue weighted by Crippen LogP contribution is 2.50. The van der Waals surface area contributed by atoms with Crippen molar-refractivity contribution in [1.29, 1.82) is 0 Å². The van der Waals surface area contributed by atoms with E-state index >= 15 is 0 Å². The predicted octanol–water partition coefficient (Wildman–Crippen LogP) is 7.40. The average Bonchev–Trinajstić information content (AvgIpc) is 2.97. The number of hydrogen-bond acceptors (Lipinski definition) is 8. The number of phenolic OH excluding ortho intramolecular Hbond substituents is 1. The zero-order valence-electron chi connectivity index (χ0n) is 25.2. The van der Waals surface area contributed by atoms with Crippen LogP contribution in [0.2, 0.25) is 0 Å². The van der Waals surface area contributed by atoms with Crippen molar-refractivity contribution in [2.45, 2.75) is 53.6 Å². The number of carbonyl (C=O) groups excluding carboxylic acids is 2. The van der Waals surface area contributed by atoms with Crippen molar-refractivity contribution >= 4 is 46.1 Å². The number of rotatable bonds is 12. The molecule has 0 saturated carbocycles. The summed E-state index contributed by atoms with van der Waals surface area (Å²) >= 11 is 6.90. The number of benzene rings is 3. The number of carbonyl (C=O) groups is 3. The molecule has 0 amide bonds. The van der Waals surface area contributed by atoms with E-state index < -0.39 is 39.8 Å². The average molecular weight is 623 g/mol. The Balaban J connectivity index is 2.04. The molecule has 0 spiro atoms. The first-order valence-corrected chi connectivity index (χ1v) is 15.2. The van der Waals surface area contributed by atoms with Crippen molar-refractivity contribution < 1.29 is 34.1 Å². The Hall–Kier alpha value is -3.69. The van der Waals surface area contributed by atoms with Crippen molar-refractivity contribution in [3.63, 3.8) is 0 Å². The molecular weight excluding hydrogens is 585 g/mol. The van der Waals surface area contributed by atoms with E-state index in [9.17, 15) is 24.6 Å². The summed E-state index contributed by atoms with van der Waals surface area (Å²) in [6.07, 6.45) is -0.218. The highest BCUT2D eigenvalue weighted by molar-refractivity contribution is 8.23. The van der Waals surface area contributed by atoms with E-state index in [1.54, 1.807) is 20.8 Å². The normalized spacial score (nSPS) is 14.6.